The van der Waals surface area contributed by atoms with Gasteiger partial charge in [0.15, 0.2) is 0 Å². The lowest BCUT2D eigenvalue weighted by Crippen LogP contribution is -2.55. The molecular formula is C10H21NO3. The fourth-order valence-electron chi connectivity index (χ4n) is 1.89. The van der Waals surface area contributed by atoms with Crippen LogP contribution in [0.1, 0.15) is 25.7 Å². The van der Waals surface area contributed by atoms with Gasteiger partial charge in [0, 0.05) is 0 Å². The lowest BCUT2D eigenvalue weighted by atomic mass is 10.0. The molecule has 0 aromatic carbocycles. The molecule has 0 saturated heterocycles. The van der Waals surface area contributed by atoms with E-state index < -0.39 is 5.54 Å². The Morgan fingerprint density at radius 3 is 1.93 bits per heavy atom. The zero-order valence-corrected chi connectivity index (χ0v) is 8.58. The molecule has 1 aliphatic carbocycles. The van der Waals surface area contributed by atoms with E-state index in [1.807, 2.05) is 0 Å². The Kier molecular flexibility index (Phi) is 4.81. The highest BCUT2D eigenvalue weighted by atomic mass is 16.3. The molecule has 1 fully saturated rings. The van der Waals surface area contributed by atoms with Crippen molar-refractivity contribution in [1.82, 2.24) is 5.32 Å². The van der Waals surface area contributed by atoms with Gasteiger partial charge in [-0.25, -0.2) is 0 Å². The van der Waals surface area contributed by atoms with Crippen molar-refractivity contribution in [1.29, 1.82) is 0 Å². The van der Waals surface area contributed by atoms with Crippen LogP contribution in [0.5, 0.6) is 0 Å². The second kappa shape index (κ2) is 5.66. The lowest BCUT2D eigenvalue weighted by Gasteiger charge is -2.30. The first kappa shape index (κ1) is 11.9. The molecule has 0 heterocycles. The van der Waals surface area contributed by atoms with Gasteiger partial charge in [-0.3, -0.25) is 0 Å². The van der Waals surface area contributed by atoms with E-state index in [1.165, 1.54) is 25.7 Å². The van der Waals surface area contributed by atoms with Crippen LogP contribution in [0.15, 0.2) is 0 Å². The lowest BCUT2D eigenvalue weighted by molar-refractivity contribution is 0.0400. The topological polar surface area (TPSA) is 72.7 Å². The summed E-state index contributed by atoms with van der Waals surface area (Å²) in [7, 11) is 0. The van der Waals surface area contributed by atoms with Crippen molar-refractivity contribution in [2.45, 2.75) is 31.2 Å². The molecule has 0 radical (unpaired) electrons. The molecule has 4 heteroatoms. The average Bonchev–Trinajstić information content (AvgIpc) is 2.74. The predicted molar refractivity (Wildman–Crippen MR) is 53.9 cm³/mol. The SMILES string of the molecule is OCC(CO)(CO)NCC1CCCC1. The molecule has 0 aromatic rings. The quantitative estimate of drug-likeness (QED) is 0.469. The van der Waals surface area contributed by atoms with E-state index in [0.717, 1.165) is 6.54 Å². The van der Waals surface area contributed by atoms with Crippen LogP contribution >= 0.6 is 0 Å². The largest absolute Gasteiger partial charge is 0.394 e. The van der Waals surface area contributed by atoms with Gasteiger partial charge in [-0.2, -0.15) is 0 Å². The molecule has 0 aliphatic heterocycles. The van der Waals surface area contributed by atoms with E-state index in [2.05, 4.69) is 5.32 Å². The maximum Gasteiger partial charge on any atom is 0.0881 e. The van der Waals surface area contributed by atoms with E-state index in [-0.39, 0.29) is 19.8 Å². The molecule has 0 bridgehead atoms. The summed E-state index contributed by atoms with van der Waals surface area (Å²) < 4.78 is 0. The van der Waals surface area contributed by atoms with Gasteiger partial charge in [0.25, 0.3) is 0 Å². The maximum atomic E-state index is 9.07. The van der Waals surface area contributed by atoms with Crippen LogP contribution in [0.3, 0.4) is 0 Å². The molecule has 1 aliphatic rings. The average molecular weight is 203 g/mol. The summed E-state index contributed by atoms with van der Waals surface area (Å²) in [6.07, 6.45) is 4.98. The standard InChI is InChI=1S/C10H21NO3/c12-6-10(7-13,8-14)11-5-9-3-1-2-4-9/h9,11-14H,1-8H2. The normalized spacial score (nSPS) is 19.1. The van der Waals surface area contributed by atoms with Gasteiger partial charge in [0.1, 0.15) is 0 Å². The van der Waals surface area contributed by atoms with Crippen LogP contribution in [-0.2, 0) is 0 Å². The molecule has 14 heavy (non-hydrogen) atoms. The van der Waals surface area contributed by atoms with Gasteiger partial charge in [-0.15, -0.1) is 0 Å². The van der Waals surface area contributed by atoms with E-state index in [9.17, 15) is 0 Å². The van der Waals surface area contributed by atoms with Gasteiger partial charge in [-0.05, 0) is 25.3 Å². The number of rotatable bonds is 6. The molecule has 0 amide bonds. The van der Waals surface area contributed by atoms with Crippen molar-refractivity contribution in [3.8, 4) is 0 Å². The molecule has 0 atom stereocenters. The maximum absolute atomic E-state index is 9.07. The number of hydrogen-bond donors (Lipinski definition) is 4. The van der Waals surface area contributed by atoms with E-state index in [0.29, 0.717) is 5.92 Å². The molecule has 0 unspecified atom stereocenters. The van der Waals surface area contributed by atoms with Crippen LogP contribution in [0, 0.1) is 5.92 Å². The zero-order chi connectivity index (χ0) is 10.4. The highest BCUT2D eigenvalue weighted by molar-refractivity contribution is 4.87. The molecule has 1 saturated carbocycles. The summed E-state index contributed by atoms with van der Waals surface area (Å²) in [4.78, 5) is 0. The third-order valence-corrected chi connectivity index (χ3v) is 3.15. The Morgan fingerprint density at radius 1 is 1.00 bits per heavy atom. The molecule has 0 spiro atoms. The Hall–Kier alpha value is -0.160. The van der Waals surface area contributed by atoms with E-state index in [1.54, 1.807) is 0 Å². The van der Waals surface area contributed by atoms with Crippen LogP contribution in [0.4, 0.5) is 0 Å². The Bertz CT molecular complexity index is 145. The van der Waals surface area contributed by atoms with Crippen molar-refractivity contribution in [3.05, 3.63) is 0 Å². The first-order valence-corrected chi connectivity index (χ1v) is 5.34. The summed E-state index contributed by atoms with van der Waals surface area (Å²) in [6, 6.07) is 0. The minimum atomic E-state index is -0.900. The van der Waals surface area contributed by atoms with Crippen molar-refractivity contribution < 1.29 is 15.3 Å². The number of aliphatic hydroxyl groups excluding tert-OH is 3. The number of nitrogens with one attached hydrogen (secondary N) is 1. The van der Waals surface area contributed by atoms with Crippen LogP contribution in [0.25, 0.3) is 0 Å². The Labute approximate surface area is 85.0 Å². The van der Waals surface area contributed by atoms with Gasteiger partial charge < -0.3 is 20.6 Å². The highest BCUT2D eigenvalue weighted by Crippen LogP contribution is 2.24. The van der Waals surface area contributed by atoms with Crippen LogP contribution in [-0.4, -0.2) is 47.2 Å². The van der Waals surface area contributed by atoms with Crippen LogP contribution in [0.2, 0.25) is 0 Å². The van der Waals surface area contributed by atoms with Crippen molar-refractivity contribution in [2.75, 3.05) is 26.4 Å². The third-order valence-electron chi connectivity index (χ3n) is 3.15. The zero-order valence-electron chi connectivity index (χ0n) is 8.58. The molecule has 0 aromatic heterocycles. The van der Waals surface area contributed by atoms with Gasteiger partial charge in [0.05, 0.1) is 25.4 Å². The Balaban J connectivity index is 2.31. The summed E-state index contributed by atoms with van der Waals surface area (Å²) in [5, 5.41) is 30.3. The third kappa shape index (κ3) is 2.92. The first-order chi connectivity index (χ1) is 6.76. The fourth-order valence-corrected chi connectivity index (χ4v) is 1.89. The van der Waals surface area contributed by atoms with Crippen molar-refractivity contribution in [3.63, 3.8) is 0 Å². The first-order valence-electron chi connectivity index (χ1n) is 5.34. The molecule has 4 N–H and O–H groups in total. The highest BCUT2D eigenvalue weighted by Gasteiger charge is 2.28. The summed E-state index contributed by atoms with van der Waals surface area (Å²) in [6.45, 7) is 0.0911. The fraction of sp³-hybridized carbons (Fsp3) is 1.00. The van der Waals surface area contributed by atoms with E-state index >= 15 is 0 Å². The number of aliphatic hydroxyl groups is 3. The summed E-state index contributed by atoms with van der Waals surface area (Å²) in [5.41, 5.74) is -0.900. The van der Waals surface area contributed by atoms with Gasteiger partial charge in [-0.1, -0.05) is 12.8 Å². The number of hydrogen-bond acceptors (Lipinski definition) is 4. The predicted octanol–water partition coefficient (Wildman–Crippen LogP) is -0.518. The van der Waals surface area contributed by atoms with E-state index in [4.69, 9.17) is 15.3 Å². The second-order valence-corrected chi connectivity index (χ2v) is 4.29. The Morgan fingerprint density at radius 2 is 1.50 bits per heavy atom. The van der Waals surface area contributed by atoms with Crippen molar-refractivity contribution >= 4 is 0 Å². The second-order valence-electron chi connectivity index (χ2n) is 4.29. The summed E-state index contributed by atoms with van der Waals surface area (Å²) >= 11 is 0. The molecule has 1 rings (SSSR count). The monoisotopic (exact) mass is 203 g/mol. The molecular weight excluding hydrogens is 182 g/mol. The minimum absolute atomic E-state index is 0.229. The van der Waals surface area contributed by atoms with Crippen LogP contribution < -0.4 is 5.32 Å². The summed E-state index contributed by atoms with van der Waals surface area (Å²) in [5.74, 6) is 0.638. The van der Waals surface area contributed by atoms with Gasteiger partial charge in [0.2, 0.25) is 0 Å². The smallest absolute Gasteiger partial charge is 0.0881 e. The molecule has 4 nitrogen and oxygen atoms in total. The van der Waals surface area contributed by atoms with Crippen molar-refractivity contribution in [2.24, 2.45) is 5.92 Å². The minimum Gasteiger partial charge on any atom is -0.394 e. The van der Waals surface area contributed by atoms with Gasteiger partial charge >= 0.3 is 0 Å². The molecule has 84 valence electrons.